The van der Waals surface area contributed by atoms with Gasteiger partial charge >= 0.3 is 6.18 Å². The Hall–Kier alpha value is -0.750. The molecule has 0 saturated carbocycles. The third-order valence-corrected chi connectivity index (χ3v) is 2.94. The highest BCUT2D eigenvalue weighted by Gasteiger charge is 2.33. The molecule has 0 radical (unpaired) electrons. The first kappa shape index (κ1) is 15.3. The molecule has 1 aromatic rings. The number of anilines is 1. The summed E-state index contributed by atoms with van der Waals surface area (Å²) >= 11 is 3.17. The molecular formula is C12H15BrF3NO. The quantitative estimate of drug-likeness (QED) is 0.871. The van der Waals surface area contributed by atoms with E-state index in [9.17, 15) is 13.2 Å². The zero-order valence-corrected chi connectivity index (χ0v) is 11.7. The monoisotopic (exact) mass is 325 g/mol. The third-order valence-electron chi connectivity index (χ3n) is 2.44. The van der Waals surface area contributed by atoms with Crippen molar-refractivity contribution in [2.75, 3.05) is 19.0 Å². The van der Waals surface area contributed by atoms with Gasteiger partial charge in [0, 0.05) is 29.9 Å². The van der Waals surface area contributed by atoms with E-state index in [4.69, 9.17) is 4.74 Å². The molecule has 0 fully saturated rings. The molecule has 0 aliphatic rings. The second-order valence-corrected chi connectivity index (χ2v) is 4.93. The van der Waals surface area contributed by atoms with Crippen LogP contribution in [0.25, 0.3) is 0 Å². The van der Waals surface area contributed by atoms with Crippen LogP contribution in [-0.2, 0) is 10.9 Å². The lowest BCUT2D eigenvalue weighted by Gasteiger charge is -2.19. The van der Waals surface area contributed by atoms with Gasteiger partial charge in [0.25, 0.3) is 0 Å². The van der Waals surface area contributed by atoms with Gasteiger partial charge in [-0.05, 0) is 31.5 Å². The van der Waals surface area contributed by atoms with Crippen molar-refractivity contribution in [3.8, 4) is 0 Å². The number of methoxy groups -OCH3 is 1. The molecule has 0 spiro atoms. The molecule has 2 nitrogen and oxygen atoms in total. The highest BCUT2D eigenvalue weighted by molar-refractivity contribution is 9.10. The molecule has 6 heteroatoms. The fourth-order valence-corrected chi connectivity index (χ4v) is 1.88. The van der Waals surface area contributed by atoms with Gasteiger partial charge in [-0.3, -0.25) is 0 Å². The van der Waals surface area contributed by atoms with Crippen LogP contribution in [-0.4, -0.2) is 19.8 Å². The van der Waals surface area contributed by atoms with Gasteiger partial charge in [0.15, 0.2) is 0 Å². The van der Waals surface area contributed by atoms with Gasteiger partial charge in [0.05, 0.1) is 5.56 Å². The summed E-state index contributed by atoms with van der Waals surface area (Å²) in [7, 11) is 1.56. The van der Waals surface area contributed by atoms with Crippen molar-refractivity contribution < 1.29 is 17.9 Å². The van der Waals surface area contributed by atoms with E-state index in [1.165, 1.54) is 12.1 Å². The molecule has 1 aromatic carbocycles. The number of hydrogen-bond acceptors (Lipinski definition) is 2. The van der Waals surface area contributed by atoms with E-state index in [1.54, 1.807) is 7.11 Å². The average molecular weight is 326 g/mol. The summed E-state index contributed by atoms with van der Waals surface area (Å²) < 4.78 is 43.9. The Morgan fingerprint density at radius 1 is 1.39 bits per heavy atom. The first-order valence-electron chi connectivity index (χ1n) is 5.47. The van der Waals surface area contributed by atoms with Crippen molar-refractivity contribution in [2.24, 2.45) is 0 Å². The van der Waals surface area contributed by atoms with Crippen LogP contribution in [0.15, 0.2) is 22.7 Å². The van der Waals surface area contributed by atoms with E-state index in [-0.39, 0.29) is 11.7 Å². The van der Waals surface area contributed by atoms with Crippen LogP contribution in [0.2, 0.25) is 0 Å². The standard InChI is InChI=1S/C12H15BrF3NO/c1-8(5-6-18-2)17-11-7-9(13)3-4-10(11)12(14,15)16/h3-4,7-8,17H,5-6H2,1-2H3. The van der Waals surface area contributed by atoms with Crippen LogP contribution in [0.3, 0.4) is 0 Å². The average Bonchev–Trinajstić information content (AvgIpc) is 2.24. The molecule has 1 N–H and O–H groups in total. The molecule has 0 aliphatic carbocycles. The van der Waals surface area contributed by atoms with Crippen molar-refractivity contribution in [3.63, 3.8) is 0 Å². The highest BCUT2D eigenvalue weighted by atomic mass is 79.9. The van der Waals surface area contributed by atoms with Gasteiger partial charge in [0.2, 0.25) is 0 Å². The number of ether oxygens (including phenoxy) is 1. The molecule has 0 bridgehead atoms. The van der Waals surface area contributed by atoms with Crippen LogP contribution < -0.4 is 5.32 Å². The molecule has 1 atom stereocenters. The van der Waals surface area contributed by atoms with Crippen LogP contribution in [0, 0.1) is 0 Å². The van der Waals surface area contributed by atoms with Crippen LogP contribution >= 0.6 is 15.9 Å². The van der Waals surface area contributed by atoms with E-state index in [2.05, 4.69) is 21.2 Å². The first-order valence-corrected chi connectivity index (χ1v) is 6.26. The maximum absolute atomic E-state index is 12.8. The largest absolute Gasteiger partial charge is 0.418 e. The molecule has 1 unspecified atom stereocenters. The fraction of sp³-hybridized carbons (Fsp3) is 0.500. The van der Waals surface area contributed by atoms with Gasteiger partial charge < -0.3 is 10.1 Å². The Morgan fingerprint density at radius 2 is 2.06 bits per heavy atom. The molecule has 0 amide bonds. The normalized spacial score (nSPS) is 13.4. The third kappa shape index (κ3) is 4.49. The maximum atomic E-state index is 12.8. The van der Waals surface area contributed by atoms with Gasteiger partial charge in [-0.1, -0.05) is 15.9 Å². The Bertz CT molecular complexity index is 395. The first-order chi connectivity index (χ1) is 8.34. The summed E-state index contributed by atoms with van der Waals surface area (Å²) in [6.45, 7) is 2.32. The maximum Gasteiger partial charge on any atom is 0.418 e. The van der Waals surface area contributed by atoms with Crippen LogP contribution in [0.4, 0.5) is 18.9 Å². The zero-order chi connectivity index (χ0) is 13.8. The molecule has 18 heavy (non-hydrogen) atoms. The van der Waals surface area contributed by atoms with Gasteiger partial charge in [-0.2, -0.15) is 13.2 Å². The fourth-order valence-electron chi connectivity index (χ4n) is 1.52. The number of nitrogens with one attached hydrogen (secondary N) is 1. The van der Waals surface area contributed by atoms with Crippen molar-refractivity contribution in [2.45, 2.75) is 25.6 Å². The van der Waals surface area contributed by atoms with Gasteiger partial charge in [-0.25, -0.2) is 0 Å². The SMILES string of the molecule is COCCC(C)Nc1cc(Br)ccc1C(F)(F)F. The smallest absolute Gasteiger partial charge is 0.385 e. The minimum absolute atomic E-state index is 0.0838. The van der Waals surface area contributed by atoms with E-state index in [0.29, 0.717) is 17.5 Å². The molecular weight excluding hydrogens is 311 g/mol. The minimum atomic E-state index is -4.36. The molecule has 102 valence electrons. The summed E-state index contributed by atoms with van der Waals surface area (Å²) in [6.07, 6.45) is -3.72. The van der Waals surface area contributed by atoms with E-state index in [0.717, 1.165) is 6.07 Å². The molecule has 0 saturated heterocycles. The second kappa shape index (κ2) is 6.43. The lowest BCUT2D eigenvalue weighted by Crippen LogP contribution is -2.20. The minimum Gasteiger partial charge on any atom is -0.385 e. The van der Waals surface area contributed by atoms with Crippen molar-refractivity contribution in [1.82, 2.24) is 0 Å². The second-order valence-electron chi connectivity index (χ2n) is 4.01. The number of hydrogen-bond donors (Lipinski definition) is 1. The summed E-state index contributed by atoms with van der Waals surface area (Å²) in [4.78, 5) is 0. The number of benzene rings is 1. The highest BCUT2D eigenvalue weighted by Crippen LogP contribution is 2.36. The topological polar surface area (TPSA) is 21.3 Å². The van der Waals surface area contributed by atoms with E-state index in [1.807, 2.05) is 6.92 Å². The Morgan fingerprint density at radius 3 is 2.61 bits per heavy atom. The molecule has 1 rings (SSSR count). The summed E-state index contributed by atoms with van der Waals surface area (Å²) in [5.74, 6) is 0. The Labute approximate surface area is 113 Å². The lowest BCUT2D eigenvalue weighted by molar-refractivity contribution is -0.137. The predicted octanol–water partition coefficient (Wildman–Crippen LogP) is 4.30. The number of alkyl halides is 3. The lowest BCUT2D eigenvalue weighted by atomic mass is 10.1. The summed E-state index contributed by atoms with van der Waals surface area (Å²) in [5.41, 5.74) is -0.574. The van der Waals surface area contributed by atoms with Crippen LogP contribution in [0.1, 0.15) is 18.9 Å². The number of rotatable bonds is 5. The molecule has 0 heterocycles. The van der Waals surface area contributed by atoms with Crippen molar-refractivity contribution in [3.05, 3.63) is 28.2 Å². The van der Waals surface area contributed by atoms with Crippen LogP contribution in [0.5, 0.6) is 0 Å². The van der Waals surface area contributed by atoms with Crippen molar-refractivity contribution >= 4 is 21.6 Å². The van der Waals surface area contributed by atoms with Crippen molar-refractivity contribution in [1.29, 1.82) is 0 Å². The molecule has 0 aliphatic heterocycles. The Balaban J connectivity index is 2.89. The van der Waals surface area contributed by atoms with Gasteiger partial charge in [-0.15, -0.1) is 0 Å². The zero-order valence-electron chi connectivity index (χ0n) is 10.1. The van der Waals surface area contributed by atoms with E-state index < -0.39 is 11.7 Å². The van der Waals surface area contributed by atoms with E-state index >= 15 is 0 Å². The van der Waals surface area contributed by atoms with Gasteiger partial charge in [0.1, 0.15) is 0 Å². The summed E-state index contributed by atoms with van der Waals surface area (Å²) in [6, 6.07) is 3.79. The Kier molecular flexibility index (Phi) is 5.47. The predicted molar refractivity (Wildman–Crippen MR) is 68.7 cm³/mol. The summed E-state index contributed by atoms with van der Waals surface area (Å²) in [5, 5.41) is 2.86. The number of halogens is 4. The molecule has 0 aromatic heterocycles.